The maximum atomic E-state index is 11.4. The zero-order valence-electron chi connectivity index (χ0n) is 12.9. The molecule has 1 amide bonds. The van der Waals surface area contributed by atoms with Gasteiger partial charge in [0, 0.05) is 30.5 Å². The van der Waals surface area contributed by atoms with Crippen molar-refractivity contribution < 1.29 is 9.53 Å². The Labute approximate surface area is 143 Å². The second kappa shape index (κ2) is 7.38. The fraction of sp³-hybridized carbons (Fsp3) is 0.438. The van der Waals surface area contributed by atoms with Gasteiger partial charge in [-0.05, 0) is 34.5 Å². The van der Waals surface area contributed by atoms with E-state index in [1.165, 1.54) is 0 Å². The summed E-state index contributed by atoms with van der Waals surface area (Å²) in [6.45, 7) is 7.03. The summed E-state index contributed by atoms with van der Waals surface area (Å²) in [5.74, 6) is 0.962. The Morgan fingerprint density at radius 1 is 1.50 bits per heavy atom. The molecule has 0 aliphatic heterocycles. The zero-order chi connectivity index (χ0) is 16.3. The summed E-state index contributed by atoms with van der Waals surface area (Å²) in [5, 5.41) is 4.56. The highest BCUT2D eigenvalue weighted by Gasteiger charge is 2.18. The molecule has 1 aromatic carbocycles. The number of aromatic nitrogens is 1. The van der Waals surface area contributed by atoms with Crippen molar-refractivity contribution in [2.24, 2.45) is 0 Å². The molecule has 0 saturated carbocycles. The minimum absolute atomic E-state index is 0.0578. The smallest absolute Gasteiger partial charge is 0.219 e. The number of nitrogens with one attached hydrogen (secondary N) is 2. The summed E-state index contributed by atoms with van der Waals surface area (Å²) in [5.41, 5.74) is 1.99. The molecule has 2 aromatic rings. The number of carbonyl (C=O) groups is 1. The Hall–Kier alpha value is -1.20. The SMILES string of the molecule is CCOc1cc2c(C(C)CNC(=O)CC)c[nH]c2c(Cl)c1Br. The van der Waals surface area contributed by atoms with E-state index >= 15 is 0 Å². The summed E-state index contributed by atoms with van der Waals surface area (Å²) in [7, 11) is 0. The molecule has 0 bridgehead atoms. The highest BCUT2D eigenvalue weighted by Crippen LogP contribution is 2.40. The van der Waals surface area contributed by atoms with Crippen molar-refractivity contribution >= 4 is 44.3 Å². The number of benzene rings is 1. The quantitative estimate of drug-likeness (QED) is 0.760. The zero-order valence-corrected chi connectivity index (χ0v) is 15.3. The van der Waals surface area contributed by atoms with E-state index in [4.69, 9.17) is 16.3 Å². The van der Waals surface area contributed by atoms with Crippen LogP contribution in [0.2, 0.25) is 5.02 Å². The minimum Gasteiger partial charge on any atom is -0.493 e. The van der Waals surface area contributed by atoms with Crippen LogP contribution in [0.4, 0.5) is 0 Å². The van der Waals surface area contributed by atoms with Gasteiger partial charge in [-0.15, -0.1) is 0 Å². The standard InChI is InChI=1S/C16H20BrClN2O2/c1-4-13(21)19-7-9(3)11-8-20-16-10(11)6-12(22-5-2)14(17)15(16)18/h6,8-9,20H,4-5,7H2,1-3H3,(H,19,21). The predicted octanol–water partition coefficient (Wildman–Crippen LogP) is 4.61. The highest BCUT2D eigenvalue weighted by atomic mass is 79.9. The average molecular weight is 388 g/mol. The lowest BCUT2D eigenvalue weighted by molar-refractivity contribution is -0.120. The molecule has 2 N–H and O–H groups in total. The number of carbonyl (C=O) groups excluding carboxylic acids is 1. The van der Waals surface area contributed by atoms with Crippen LogP contribution in [0.15, 0.2) is 16.7 Å². The van der Waals surface area contributed by atoms with Gasteiger partial charge in [0.15, 0.2) is 0 Å². The van der Waals surface area contributed by atoms with E-state index in [9.17, 15) is 4.79 Å². The van der Waals surface area contributed by atoms with Crippen LogP contribution in [0.1, 0.15) is 38.7 Å². The number of amides is 1. The van der Waals surface area contributed by atoms with Crippen LogP contribution in [0, 0.1) is 0 Å². The first-order valence-corrected chi connectivity index (χ1v) is 8.55. The summed E-state index contributed by atoms with van der Waals surface area (Å²) >= 11 is 9.88. The number of hydrogen-bond donors (Lipinski definition) is 2. The van der Waals surface area contributed by atoms with Crippen LogP contribution in [0.5, 0.6) is 5.75 Å². The molecule has 2 rings (SSSR count). The Balaban J connectivity index is 2.36. The molecule has 1 heterocycles. The molecule has 120 valence electrons. The van der Waals surface area contributed by atoms with Gasteiger partial charge < -0.3 is 15.0 Å². The van der Waals surface area contributed by atoms with Gasteiger partial charge in [-0.25, -0.2) is 0 Å². The molecule has 1 aromatic heterocycles. The third-order valence-corrected chi connectivity index (χ3v) is 5.01. The number of ether oxygens (including phenoxy) is 1. The van der Waals surface area contributed by atoms with Gasteiger partial charge in [-0.3, -0.25) is 4.79 Å². The minimum atomic E-state index is 0.0578. The largest absolute Gasteiger partial charge is 0.493 e. The van der Waals surface area contributed by atoms with Crippen molar-refractivity contribution in [2.75, 3.05) is 13.2 Å². The monoisotopic (exact) mass is 386 g/mol. The van der Waals surface area contributed by atoms with Gasteiger partial charge in [0.25, 0.3) is 0 Å². The fourth-order valence-electron chi connectivity index (χ4n) is 2.37. The van der Waals surface area contributed by atoms with Crippen molar-refractivity contribution in [3.8, 4) is 5.75 Å². The highest BCUT2D eigenvalue weighted by molar-refractivity contribution is 9.10. The van der Waals surface area contributed by atoms with Gasteiger partial charge in [0.05, 0.1) is 21.6 Å². The second-order valence-corrected chi connectivity index (χ2v) is 6.33. The van der Waals surface area contributed by atoms with Crippen LogP contribution in [0.25, 0.3) is 10.9 Å². The third-order valence-electron chi connectivity index (χ3n) is 3.61. The number of rotatable bonds is 6. The van der Waals surface area contributed by atoms with E-state index in [0.717, 1.165) is 26.7 Å². The van der Waals surface area contributed by atoms with E-state index < -0.39 is 0 Å². The number of hydrogen-bond acceptors (Lipinski definition) is 2. The van der Waals surface area contributed by atoms with Gasteiger partial charge in [-0.1, -0.05) is 25.4 Å². The molecule has 0 aliphatic carbocycles. The molecular formula is C16H20BrClN2O2. The van der Waals surface area contributed by atoms with E-state index in [-0.39, 0.29) is 11.8 Å². The van der Waals surface area contributed by atoms with Crippen LogP contribution < -0.4 is 10.1 Å². The summed E-state index contributed by atoms with van der Waals surface area (Å²) < 4.78 is 6.38. The molecule has 0 fully saturated rings. The van der Waals surface area contributed by atoms with E-state index in [2.05, 4.69) is 33.2 Å². The van der Waals surface area contributed by atoms with E-state index in [1.807, 2.05) is 26.1 Å². The van der Waals surface area contributed by atoms with Crippen LogP contribution in [-0.2, 0) is 4.79 Å². The van der Waals surface area contributed by atoms with E-state index in [0.29, 0.717) is 24.6 Å². The third kappa shape index (κ3) is 3.41. The maximum Gasteiger partial charge on any atom is 0.219 e. The molecule has 1 atom stereocenters. The molecule has 22 heavy (non-hydrogen) atoms. The molecule has 0 spiro atoms. The lowest BCUT2D eigenvalue weighted by Crippen LogP contribution is -2.26. The summed E-state index contributed by atoms with van der Waals surface area (Å²) in [6, 6.07) is 1.98. The normalized spacial score (nSPS) is 12.4. The lowest BCUT2D eigenvalue weighted by atomic mass is 10.00. The number of fused-ring (bicyclic) bond motifs is 1. The second-order valence-electron chi connectivity index (χ2n) is 5.16. The lowest BCUT2D eigenvalue weighted by Gasteiger charge is -2.13. The summed E-state index contributed by atoms with van der Waals surface area (Å²) in [4.78, 5) is 14.6. The number of halogens is 2. The predicted molar refractivity (Wildman–Crippen MR) is 93.9 cm³/mol. The van der Waals surface area contributed by atoms with Crippen molar-refractivity contribution in [1.82, 2.24) is 10.3 Å². The number of aromatic amines is 1. The van der Waals surface area contributed by atoms with Gasteiger partial charge in [0.2, 0.25) is 5.91 Å². The van der Waals surface area contributed by atoms with Crippen molar-refractivity contribution in [1.29, 1.82) is 0 Å². The molecule has 1 unspecified atom stereocenters. The molecule has 0 saturated heterocycles. The topological polar surface area (TPSA) is 54.1 Å². The fourth-order valence-corrected chi connectivity index (χ4v) is 3.05. The van der Waals surface area contributed by atoms with Gasteiger partial charge in [0.1, 0.15) is 5.75 Å². The first-order chi connectivity index (χ1) is 10.5. The Morgan fingerprint density at radius 2 is 2.23 bits per heavy atom. The van der Waals surface area contributed by atoms with Crippen LogP contribution in [0.3, 0.4) is 0 Å². The molecule has 0 aliphatic rings. The van der Waals surface area contributed by atoms with Gasteiger partial charge in [-0.2, -0.15) is 0 Å². The van der Waals surface area contributed by atoms with Crippen LogP contribution >= 0.6 is 27.5 Å². The maximum absolute atomic E-state index is 11.4. The Morgan fingerprint density at radius 3 is 2.86 bits per heavy atom. The van der Waals surface area contributed by atoms with E-state index in [1.54, 1.807) is 0 Å². The van der Waals surface area contributed by atoms with Crippen molar-refractivity contribution in [3.63, 3.8) is 0 Å². The average Bonchev–Trinajstić information content (AvgIpc) is 2.93. The van der Waals surface area contributed by atoms with Gasteiger partial charge >= 0.3 is 0 Å². The van der Waals surface area contributed by atoms with Crippen LogP contribution in [-0.4, -0.2) is 24.0 Å². The Bertz CT molecular complexity index is 684. The first-order valence-electron chi connectivity index (χ1n) is 7.38. The first kappa shape index (κ1) is 17.2. The van der Waals surface area contributed by atoms with Crippen molar-refractivity contribution in [3.05, 3.63) is 27.3 Å². The Kier molecular flexibility index (Phi) is 5.75. The van der Waals surface area contributed by atoms with Crippen molar-refractivity contribution in [2.45, 2.75) is 33.1 Å². The molecule has 6 heteroatoms. The summed E-state index contributed by atoms with van der Waals surface area (Å²) in [6.07, 6.45) is 2.44. The molecule has 4 nitrogen and oxygen atoms in total. The molecular weight excluding hydrogens is 368 g/mol. The number of H-pyrrole nitrogens is 1. The molecule has 0 radical (unpaired) electrons.